The van der Waals surface area contributed by atoms with Crippen LogP contribution in [0.2, 0.25) is 0 Å². The fraction of sp³-hybridized carbons (Fsp3) is 0.619. The van der Waals surface area contributed by atoms with Gasteiger partial charge in [-0.2, -0.15) is 4.98 Å². The SMILES string of the molecule is COC(=O)[C@H]1C[C@@H](C2CCCCC2)CN(c2nc(C)cc(Nc3nccs3)n2)C1. The summed E-state index contributed by atoms with van der Waals surface area (Å²) in [5.41, 5.74) is 0.892. The highest BCUT2D eigenvalue weighted by Crippen LogP contribution is 2.37. The van der Waals surface area contributed by atoms with E-state index in [-0.39, 0.29) is 11.9 Å². The van der Waals surface area contributed by atoms with Crippen molar-refractivity contribution in [2.75, 3.05) is 30.4 Å². The minimum absolute atomic E-state index is 0.121. The minimum Gasteiger partial charge on any atom is -0.469 e. The van der Waals surface area contributed by atoms with E-state index < -0.39 is 0 Å². The van der Waals surface area contributed by atoms with Gasteiger partial charge in [-0.1, -0.05) is 32.1 Å². The van der Waals surface area contributed by atoms with Crippen molar-refractivity contribution in [2.24, 2.45) is 17.8 Å². The van der Waals surface area contributed by atoms with Crippen molar-refractivity contribution in [3.8, 4) is 0 Å². The van der Waals surface area contributed by atoms with Crippen LogP contribution in [0.1, 0.15) is 44.2 Å². The van der Waals surface area contributed by atoms with Gasteiger partial charge < -0.3 is 15.0 Å². The molecular formula is C21H29N5O2S. The Kier molecular flexibility index (Phi) is 6.28. The van der Waals surface area contributed by atoms with Crippen LogP contribution in [-0.4, -0.2) is 41.1 Å². The molecule has 2 aliphatic rings. The average molecular weight is 416 g/mol. The van der Waals surface area contributed by atoms with E-state index in [4.69, 9.17) is 14.7 Å². The van der Waals surface area contributed by atoms with Crippen molar-refractivity contribution in [1.29, 1.82) is 0 Å². The third kappa shape index (κ3) is 4.86. The van der Waals surface area contributed by atoms with Gasteiger partial charge in [0.15, 0.2) is 5.13 Å². The third-order valence-corrected chi connectivity index (χ3v) is 6.82. The summed E-state index contributed by atoms with van der Waals surface area (Å²) in [5.74, 6) is 2.32. The molecule has 2 aromatic rings. The molecule has 1 aliphatic heterocycles. The highest BCUT2D eigenvalue weighted by atomic mass is 32.1. The van der Waals surface area contributed by atoms with Gasteiger partial charge >= 0.3 is 5.97 Å². The lowest BCUT2D eigenvalue weighted by atomic mass is 9.74. The van der Waals surface area contributed by atoms with E-state index in [1.54, 1.807) is 6.20 Å². The van der Waals surface area contributed by atoms with Crippen molar-refractivity contribution in [2.45, 2.75) is 45.4 Å². The number of hydrogen-bond acceptors (Lipinski definition) is 8. The number of anilines is 3. The molecule has 2 fully saturated rings. The normalized spacial score (nSPS) is 23.0. The first-order valence-corrected chi connectivity index (χ1v) is 11.4. The summed E-state index contributed by atoms with van der Waals surface area (Å²) in [7, 11) is 1.48. The molecule has 2 atom stereocenters. The molecular weight excluding hydrogens is 386 g/mol. The number of ether oxygens (including phenoxy) is 1. The maximum Gasteiger partial charge on any atom is 0.310 e. The van der Waals surface area contributed by atoms with Crippen LogP contribution in [0.4, 0.5) is 16.9 Å². The molecule has 8 heteroatoms. The second kappa shape index (κ2) is 9.07. The van der Waals surface area contributed by atoms with E-state index in [0.29, 0.717) is 24.3 Å². The first kappa shape index (κ1) is 20.1. The van der Waals surface area contributed by atoms with E-state index >= 15 is 0 Å². The number of carbonyl (C=O) groups is 1. The van der Waals surface area contributed by atoms with Gasteiger partial charge in [0.25, 0.3) is 0 Å². The van der Waals surface area contributed by atoms with Crippen LogP contribution in [0.25, 0.3) is 0 Å². The van der Waals surface area contributed by atoms with Crippen LogP contribution < -0.4 is 10.2 Å². The number of carbonyl (C=O) groups excluding carboxylic acids is 1. The summed E-state index contributed by atoms with van der Waals surface area (Å²) in [6, 6.07) is 1.92. The van der Waals surface area contributed by atoms with E-state index in [0.717, 1.165) is 29.6 Å². The fourth-order valence-corrected chi connectivity index (χ4v) is 5.27. The number of nitrogens with one attached hydrogen (secondary N) is 1. The Morgan fingerprint density at radius 2 is 2.03 bits per heavy atom. The standard InChI is InChI=1S/C21H29N5O2S/c1-14-10-18(25-21-22-8-9-29-21)24-20(23-14)26-12-16(15-6-4-3-5-7-15)11-17(13-26)19(27)28-2/h8-10,15-17H,3-7,11-13H2,1-2H3,(H,22,23,24,25)/t16-,17+/m1/s1. The second-order valence-corrected chi connectivity index (χ2v) is 9.07. The average Bonchev–Trinajstić information content (AvgIpc) is 3.26. The summed E-state index contributed by atoms with van der Waals surface area (Å²) in [6.45, 7) is 3.48. The van der Waals surface area contributed by atoms with Crippen molar-refractivity contribution in [1.82, 2.24) is 15.0 Å². The van der Waals surface area contributed by atoms with E-state index in [1.807, 2.05) is 18.4 Å². The lowest BCUT2D eigenvalue weighted by Crippen LogP contribution is -2.46. The highest BCUT2D eigenvalue weighted by molar-refractivity contribution is 7.13. The van der Waals surface area contributed by atoms with Crippen molar-refractivity contribution in [3.63, 3.8) is 0 Å². The predicted molar refractivity (Wildman–Crippen MR) is 115 cm³/mol. The van der Waals surface area contributed by atoms with Gasteiger partial charge in [-0.3, -0.25) is 4.79 Å². The number of piperidine rings is 1. The molecule has 29 heavy (non-hydrogen) atoms. The van der Waals surface area contributed by atoms with Crippen LogP contribution in [0.3, 0.4) is 0 Å². The van der Waals surface area contributed by atoms with Crippen LogP contribution in [0.15, 0.2) is 17.6 Å². The van der Waals surface area contributed by atoms with Gasteiger partial charge in [-0.25, -0.2) is 9.97 Å². The van der Waals surface area contributed by atoms with Crippen LogP contribution in [0.5, 0.6) is 0 Å². The first-order valence-electron chi connectivity index (χ1n) is 10.5. The lowest BCUT2D eigenvalue weighted by molar-refractivity contribution is -0.146. The molecule has 0 unspecified atom stereocenters. The Balaban J connectivity index is 1.57. The van der Waals surface area contributed by atoms with Gasteiger partial charge in [0.2, 0.25) is 5.95 Å². The molecule has 0 spiro atoms. The number of hydrogen-bond donors (Lipinski definition) is 1. The second-order valence-electron chi connectivity index (χ2n) is 8.18. The Morgan fingerprint density at radius 1 is 1.21 bits per heavy atom. The molecule has 0 aromatic carbocycles. The van der Waals surface area contributed by atoms with Gasteiger partial charge in [0, 0.05) is 36.4 Å². The van der Waals surface area contributed by atoms with Crippen LogP contribution in [0, 0.1) is 24.7 Å². The van der Waals surface area contributed by atoms with E-state index in [1.165, 1.54) is 50.6 Å². The number of thiazole rings is 1. The van der Waals surface area contributed by atoms with Gasteiger partial charge in [-0.05, 0) is 25.2 Å². The maximum absolute atomic E-state index is 12.4. The molecule has 4 rings (SSSR count). The molecule has 0 amide bonds. The summed E-state index contributed by atoms with van der Waals surface area (Å²) in [4.78, 5) is 28.3. The maximum atomic E-state index is 12.4. The zero-order valence-electron chi connectivity index (χ0n) is 17.1. The Morgan fingerprint density at radius 3 is 2.76 bits per heavy atom. The topological polar surface area (TPSA) is 80.2 Å². The highest BCUT2D eigenvalue weighted by Gasteiger charge is 2.37. The number of methoxy groups -OCH3 is 1. The Labute approximate surface area is 175 Å². The molecule has 2 aromatic heterocycles. The molecule has 1 aliphatic carbocycles. The zero-order chi connectivity index (χ0) is 20.2. The third-order valence-electron chi connectivity index (χ3n) is 6.13. The van der Waals surface area contributed by atoms with E-state index in [2.05, 4.69) is 15.2 Å². The quantitative estimate of drug-likeness (QED) is 0.734. The summed E-state index contributed by atoms with van der Waals surface area (Å²) in [6.07, 6.45) is 9.13. The number of aromatic nitrogens is 3. The number of nitrogens with zero attached hydrogens (tertiary/aromatic N) is 4. The van der Waals surface area contributed by atoms with Gasteiger partial charge in [-0.15, -0.1) is 11.3 Å². The lowest BCUT2D eigenvalue weighted by Gasteiger charge is -2.41. The number of rotatable bonds is 5. The molecule has 1 saturated carbocycles. The monoisotopic (exact) mass is 415 g/mol. The molecule has 1 saturated heterocycles. The van der Waals surface area contributed by atoms with Gasteiger partial charge in [0.05, 0.1) is 13.0 Å². The fourth-order valence-electron chi connectivity index (χ4n) is 4.74. The summed E-state index contributed by atoms with van der Waals surface area (Å²) >= 11 is 1.53. The molecule has 156 valence electrons. The smallest absolute Gasteiger partial charge is 0.310 e. The Bertz CT molecular complexity index is 822. The van der Waals surface area contributed by atoms with Crippen molar-refractivity contribution >= 4 is 34.2 Å². The summed E-state index contributed by atoms with van der Waals surface area (Å²) in [5, 5.41) is 6.00. The van der Waals surface area contributed by atoms with Crippen LogP contribution >= 0.6 is 11.3 Å². The van der Waals surface area contributed by atoms with Gasteiger partial charge in [0.1, 0.15) is 5.82 Å². The molecule has 1 N–H and O–H groups in total. The van der Waals surface area contributed by atoms with E-state index in [9.17, 15) is 4.79 Å². The molecule has 3 heterocycles. The van der Waals surface area contributed by atoms with Crippen molar-refractivity contribution < 1.29 is 9.53 Å². The molecule has 0 radical (unpaired) electrons. The van der Waals surface area contributed by atoms with Crippen molar-refractivity contribution in [3.05, 3.63) is 23.3 Å². The first-order chi connectivity index (χ1) is 14.1. The Hall–Kier alpha value is -2.22. The summed E-state index contributed by atoms with van der Waals surface area (Å²) < 4.78 is 5.10. The predicted octanol–water partition coefficient (Wildman–Crippen LogP) is 4.18. The molecule has 0 bridgehead atoms. The largest absolute Gasteiger partial charge is 0.469 e. The molecule has 7 nitrogen and oxygen atoms in total. The van der Waals surface area contributed by atoms with Crippen LogP contribution in [-0.2, 0) is 9.53 Å². The zero-order valence-corrected chi connectivity index (χ0v) is 18.0. The number of esters is 1. The number of aryl methyl sites for hydroxylation is 1. The minimum atomic E-state index is -0.125.